The van der Waals surface area contributed by atoms with Crippen LogP contribution in [0.25, 0.3) is 0 Å². The molecule has 1 aliphatic rings. The molecule has 1 fully saturated rings. The molecular formula is C27H32Cl2N2O2. The Hall–Kier alpha value is -1.92. The molecule has 4 nitrogen and oxygen atoms in total. The van der Waals surface area contributed by atoms with E-state index in [9.17, 15) is 0 Å². The molecule has 33 heavy (non-hydrogen) atoms. The van der Waals surface area contributed by atoms with Crippen molar-refractivity contribution in [1.29, 1.82) is 0 Å². The number of piperazine rings is 1. The lowest BCUT2D eigenvalue weighted by molar-refractivity contribution is 0.0522. The molecule has 4 rings (SSSR count). The minimum Gasteiger partial charge on any atom is -0.394 e. The van der Waals surface area contributed by atoms with E-state index in [1.807, 2.05) is 42.5 Å². The third-order valence-corrected chi connectivity index (χ3v) is 6.10. The van der Waals surface area contributed by atoms with Gasteiger partial charge in [0.05, 0.1) is 25.9 Å². The first-order valence-electron chi connectivity index (χ1n) is 11.3. The van der Waals surface area contributed by atoms with E-state index >= 15 is 0 Å². The maximum Gasteiger partial charge on any atom is 0.0698 e. The second-order valence-electron chi connectivity index (χ2n) is 7.87. The summed E-state index contributed by atoms with van der Waals surface area (Å²) >= 11 is 11.6. The van der Waals surface area contributed by atoms with Crippen LogP contribution >= 0.6 is 23.2 Å². The molecule has 3 aromatic rings. The minimum absolute atomic E-state index is 0.0909. The van der Waals surface area contributed by atoms with E-state index in [0.29, 0.717) is 13.2 Å². The Morgan fingerprint density at radius 2 is 1.24 bits per heavy atom. The number of hydrogen-bond donors (Lipinski definition) is 1. The van der Waals surface area contributed by atoms with Gasteiger partial charge in [-0.15, -0.1) is 0 Å². The molecule has 1 atom stereocenters. The van der Waals surface area contributed by atoms with Gasteiger partial charge in [-0.2, -0.15) is 0 Å². The molecule has 0 spiro atoms. The zero-order chi connectivity index (χ0) is 23.3. The Morgan fingerprint density at radius 3 is 1.79 bits per heavy atom. The highest BCUT2D eigenvalue weighted by molar-refractivity contribution is 6.30. The second-order valence-corrected chi connectivity index (χ2v) is 8.75. The molecule has 3 aromatic carbocycles. The lowest BCUT2D eigenvalue weighted by Gasteiger charge is -2.39. The Labute approximate surface area is 207 Å². The highest BCUT2D eigenvalue weighted by Crippen LogP contribution is 2.30. The van der Waals surface area contributed by atoms with Crippen molar-refractivity contribution in [2.75, 3.05) is 52.5 Å². The summed E-state index contributed by atoms with van der Waals surface area (Å²) in [6, 6.07) is 28.6. The predicted octanol–water partition coefficient (Wildman–Crippen LogP) is 5.40. The van der Waals surface area contributed by atoms with E-state index in [4.69, 9.17) is 33.0 Å². The van der Waals surface area contributed by atoms with Crippen molar-refractivity contribution in [3.63, 3.8) is 0 Å². The molecule has 0 aromatic heterocycles. The molecule has 6 heteroatoms. The Morgan fingerprint density at radius 1 is 0.697 bits per heavy atom. The van der Waals surface area contributed by atoms with Crippen molar-refractivity contribution in [3.05, 3.63) is 106 Å². The maximum absolute atomic E-state index is 8.78. The number of hydrogen-bond acceptors (Lipinski definition) is 4. The zero-order valence-corrected chi connectivity index (χ0v) is 20.3. The molecular weight excluding hydrogens is 455 g/mol. The van der Waals surface area contributed by atoms with Gasteiger partial charge in [0.25, 0.3) is 0 Å². The van der Waals surface area contributed by atoms with Gasteiger partial charge < -0.3 is 9.84 Å². The molecule has 0 radical (unpaired) electrons. The summed E-state index contributed by atoms with van der Waals surface area (Å²) in [5.74, 6) is 0. The molecule has 0 bridgehead atoms. The van der Waals surface area contributed by atoms with Gasteiger partial charge >= 0.3 is 0 Å². The number of halogens is 2. The minimum atomic E-state index is 0.0909. The summed E-state index contributed by atoms with van der Waals surface area (Å²) in [6.45, 7) is 6.20. The zero-order valence-electron chi connectivity index (χ0n) is 18.8. The molecule has 176 valence electrons. The second kappa shape index (κ2) is 14.4. The lowest BCUT2D eigenvalue weighted by Crippen LogP contribution is -2.48. The van der Waals surface area contributed by atoms with Crippen molar-refractivity contribution in [1.82, 2.24) is 9.80 Å². The van der Waals surface area contributed by atoms with E-state index in [1.165, 1.54) is 11.1 Å². The fourth-order valence-corrected chi connectivity index (χ4v) is 4.19. The van der Waals surface area contributed by atoms with Gasteiger partial charge in [0, 0.05) is 42.8 Å². The first-order valence-corrected chi connectivity index (χ1v) is 12.1. The molecule has 1 aliphatic heterocycles. The number of ether oxygens (including phenoxy) is 1. The molecule has 1 saturated heterocycles. The van der Waals surface area contributed by atoms with Gasteiger partial charge in [-0.3, -0.25) is 9.80 Å². The number of nitrogens with zero attached hydrogens (tertiary/aromatic N) is 2. The van der Waals surface area contributed by atoms with Crippen molar-refractivity contribution < 1.29 is 9.84 Å². The molecule has 0 aliphatic carbocycles. The number of benzene rings is 3. The van der Waals surface area contributed by atoms with E-state index in [1.54, 1.807) is 0 Å². The van der Waals surface area contributed by atoms with Gasteiger partial charge in [0.15, 0.2) is 0 Å². The van der Waals surface area contributed by atoms with Crippen LogP contribution in [0.2, 0.25) is 10.0 Å². The fraction of sp³-hybridized carbons (Fsp3) is 0.333. The Bertz CT molecular complexity index is 902. The molecule has 0 saturated carbocycles. The van der Waals surface area contributed by atoms with E-state index in [0.717, 1.165) is 42.8 Å². The first-order chi connectivity index (χ1) is 16.2. The van der Waals surface area contributed by atoms with Gasteiger partial charge in [0.2, 0.25) is 0 Å². The maximum atomic E-state index is 8.78. The average molecular weight is 487 g/mol. The highest BCUT2D eigenvalue weighted by atomic mass is 35.5. The summed E-state index contributed by atoms with van der Waals surface area (Å²) in [5, 5.41) is 10.3. The summed E-state index contributed by atoms with van der Waals surface area (Å²) in [7, 11) is 0. The van der Waals surface area contributed by atoms with Crippen molar-refractivity contribution >= 4 is 23.2 Å². The third kappa shape index (κ3) is 8.74. The van der Waals surface area contributed by atoms with Gasteiger partial charge in [-0.25, -0.2) is 0 Å². The number of rotatable bonds is 8. The topological polar surface area (TPSA) is 35.9 Å². The summed E-state index contributed by atoms with van der Waals surface area (Å²) in [5.41, 5.74) is 2.59. The summed E-state index contributed by atoms with van der Waals surface area (Å²) < 4.78 is 5.39. The van der Waals surface area contributed by atoms with Crippen LogP contribution in [0, 0.1) is 0 Å². The summed E-state index contributed by atoms with van der Waals surface area (Å²) in [6.07, 6.45) is 0. The van der Waals surface area contributed by atoms with Crippen molar-refractivity contribution in [2.45, 2.75) is 6.04 Å². The monoisotopic (exact) mass is 486 g/mol. The van der Waals surface area contributed by atoms with Crippen LogP contribution in [0.15, 0.2) is 84.9 Å². The third-order valence-electron chi connectivity index (χ3n) is 5.59. The lowest BCUT2D eigenvalue weighted by atomic mass is 9.96. The van der Waals surface area contributed by atoms with Crippen LogP contribution in [0.4, 0.5) is 0 Å². The molecule has 0 amide bonds. The van der Waals surface area contributed by atoms with Crippen molar-refractivity contribution in [2.24, 2.45) is 0 Å². The van der Waals surface area contributed by atoms with Crippen molar-refractivity contribution in [3.8, 4) is 0 Å². The normalized spacial score (nSPS) is 15.5. The molecule has 1 heterocycles. The molecule has 1 unspecified atom stereocenters. The Balaban J connectivity index is 0.000000374. The van der Waals surface area contributed by atoms with E-state index in [-0.39, 0.29) is 12.6 Å². The van der Waals surface area contributed by atoms with E-state index in [2.05, 4.69) is 52.3 Å². The van der Waals surface area contributed by atoms with Gasteiger partial charge in [-0.05, 0) is 35.4 Å². The Kier molecular flexibility index (Phi) is 11.2. The average Bonchev–Trinajstić information content (AvgIpc) is 2.86. The number of aliphatic hydroxyl groups excluding tert-OH is 1. The van der Waals surface area contributed by atoms with Crippen LogP contribution in [0.5, 0.6) is 0 Å². The standard InChI is InChI=1S/C21H27ClN2O2.C6H5Cl/c22-20-8-6-19(7-9-20)21(18-4-2-1-3-5-18)24-12-10-23(11-13-24)14-16-26-17-15-25;7-6-4-2-1-3-5-6/h1-9,21,25H,10-17H2;1-5H. The molecule has 1 N–H and O–H groups in total. The van der Waals surface area contributed by atoms with Gasteiger partial charge in [-0.1, -0.05) is 83.9 Å². The van der Waals surface area contributed by atoms with Crippen LogP contribution in [0.1, 0.15) is 17.2 Å². The van der Waals surface area contributed by atoms with Gasteiger partial charge in [0.1, 0.15) is 0 Å². The predicted molar refractivity (Wildman–Crippen MR) is 137 cm³/mol. The quantitative estimate of drug-likeness (QED) is 0.432. The SMILES string of the molecule is Clc1ccccc1.OCCOCCN1CCN(C(c2ccccc2)c2ccc(Cl)cc2)CC1. The van der Waals surface area contributed by atoms with Crippen LogP contribution < -0.4 is 0 Å². The first kappa shape index (κ1) is 25.7. The van der Waals surface area contributed by atoms with E-state index < -0.39 is 0 Å². The number of aliphatic hydroxyl groups is 1. The van der Waals surface area contributed by atoms with Crippen LogP contribution in [-0.2, 0) is 4.74 Å². The summed E-state index contributed by atoms with van der Waals surface area (Å²) in [4.78, 5) is 4.97. The smallest absolute Gasteiger partial charge is 0.0698 e. The van der Waals surface area contributed by atoms with Crippen LogP contribution in [0.3, 0.4) is 0 Å². The fourth-order valence-electron chi connectivity index (χ4n) is 3.91. The largest absolute Gasteiger partial charge is 0.394 e. The highest BCUT2D eigenvalue weighted by Gasteiger charge is 2.26. The van der Waals surface area contributed by atoms with Crippen LogP contribution in [-0.4, -0.2) is 67.5 Å².